The van der Waals surface area contributed by atoms with Crippen molar-refractivity contribution in [1.82, 2.24) is 14.8 Å². The Labute approximate surface area is 122 Å². The van der Waals surface area contributed by atoms with Crippen molar-refractivity contribution in [1.29, 1.82) is 0 Å². The third-order valence-corrected chi connectivity index (χ3v) is 4.73. The average molecular weight is 284 g/mol. The van der Waals surface area contributed by atoms with E-state index < -0.39 is 0 Å². The number of nitrogens with zero attached hydrogens (tertiary/aromatic N) is 2. The van der Waals surface area contributed by atoms with Crippen LogP contribution in [-0.4, -0.2) is 35.6 Å². The summed E-state index contributed by atoms with van der Waals surface area (Å²) in [5.74, 6) is 0. The summed E-state index contributed by atoms with van der Waals surface area (Å²) in [6.07, 6.45) is 6.16. The summed E-state index contributed by atoms with van der Waals surface area (Å²) < 4.78 is 2.29. The molecule has 4 heteroatoms. The summed E-state index contributed by atoms with van der Waals surface area (Å²) in [5.41, 5.74) is 1.97. The van der Waals surface area contributed by atoms with Gasteiger partial charge in [-0.15, -0.1) is 12.4 Å². The van der Waals surface area contributed by atoms with Crippen LogP contribution in [-0.2, 0) is 7.05 Å². The highest BCUT2D eigenvalue weighted by Gasteiger charge is 2.35. The number of rotatable bonds is 3. The first-order valence-electron chi connectivity index (χ1n) is 7.24. The molecule has 2 atom stereocenters. The molecule has 3 rings (SSSR count). The second-order valence-corrected chi connectivity index (χ2v) is 6.41. The van der Waals surface area contributed by atoms with Crippen LogP contribution < -0.4 is 5.32 Å². The van der Waals surface area contributed by atoms with Gasteiger partial charge in [-0.2, -0.15) is 0 Å². The predicted molar refractivity (Wildman–Crippen MR) is 81.8 cm³/mol. The van der Waals surface area contributed by atoms with Crippen LogP contribution in [0, 0.1) is 5.41 Å². The van der Waals surface area contributed by atoms with Crippen molar-refractivity contribution in [3.05, 3.63) is 24.0 Å². The Kier molecular flexibility index (Phi) is 4.59. The summed E-state index contributed by atoms with van der Waals surface area (Å²) in [4.78, 5) is 2.71. The first kappa shape index (κ1) is 14.9. The normalized spacial score (nSPS) is 31.6. The largest absolute Gasteiger partial charge is 0.353 e. The van der Waals surface area contributed by atoms with Gasteiger partial charge >= 0.3 is 0 Å². The number of hydrogen-bond donors (Lipinski definition) is 1. The smallest absolute Gasteiger partial charge is 0.0501 e. The minimum atomic E-state index is 0. The van der Waals surface area contributed by atoms with Gasteiger partial charge in [0.2, 0.25) is 0 Å². The lowest BCUT2D eigenvalue weighted by molar-refractivity contribution is 0.161. The SMILES string of the molecule is Cl.Cn1cccc1C1CCCN1CC1(C)CCNC1. The minimum absolute atomic E-state index is 0. The lowest BCUT2D eigenvalue weighted by Gasteiger charge is -2.33. The van der Waals surface area contributed by atoms with Gasteiger partial charge in [0.1, 0.15) is 0 Å². The second-order valence-electron chi connectivity index (χ2n) is 6.41. The molecule has 3 nitrogen and oxygen atoms in total. The zero-order valence-corrected chi connectivity index (χ0v) is 12.9. The molecule has 0 saturated carbocycles. The molecule has 0 radical (unpaired) electrons. The molecule has 1 N–H and O–H groups in total. The van der Waals surface area contributed by atoms with E-state index in [1.165, 1.54) is 51.1 Å². The molecule has 0 aliphatic carbocycles. The molecule has 2 aliphatic rings. The molecule has 19 heavy (non-hydrogen) atoms. The van der Waals surface area contributed by atoms with Gasteiger partial charge in [0.05, 0.1) is 6.04 Å². The van der Waals surface area contributed by atoms with Crippen LogP contribution >= 0.6 is 12.4 Å². The van der Waals surface area contributed by atoms with Crippen molar-refractivity contribution in [3.8, 4) is 0 Å². The van der Waals surface area contributed by atoms with Crippen molar-refractivity contribution in [2.24, 2.45) is 12.5 Å². The number of hydrogen-bond acceptors (Lipinski definition) is 2. The summed E-state index contributed by atoms with van der Waals surface area (Å²) in [6.45, 7) is 7.33. The first-order chi connectivity index (χ1) is 8.68. The highest BCUT2D eigenvalue weighted by Crippen LogP contribution is 2.36. The quantitative estimate of drug-likeness (QED) is 0.920. The molecular formula is C15H26ClN3. The van der Waals surface area contributed by atoms with Gasteiger partial charge in [0.15, 0.2) is 0 Å². The first-order valence-corrected chi connectivity index (χ1v) is 7.24. The molecule has 1 aromatic rings. The third-order valence-electron chi connectivity index (χ3n) is 4.73. The van der Waals surface area contributed by atoms with E-state index in [9.17, 15) is 0 Å². The molecule has 0 aromatic carbocycles. The number of nitrogens with one attached hydrogen (secondary N) is 1. The van der Waals surface area contributed by atoms with Gasteiger partial charge < -0.3 is 9.88 Å². The Morgan fingerprint density at radius 3 is 2.95 bits per heavy atom. The predicted octanol–water partition coefficient (Wildman–Crippen LogP) is 2.58. The fourth-order valence-corrected chi connectivity index (χ4v) is 3.66. The Morgan fingerprint density at radius 2 is 2.32 bits per heavy atom. The highest BCUT2D eigenvalue weighted by molar-refractivity contribution is 5.85. The van der Waals surface area contributed by atoms with Crippen LogP contribution in [0.2, 0.25) is 0 Å². The Bertz CT molecular complexity index is 409. The fraction of sp³-hybridized carbons (Fsp3) is 0.733. The summed E-state index contributed by atoms with van der Waals surface area (Å²) in [6, 6.07) is 5.10. The summed E-state index contributed by atoms with van der Waals surface area (Å²) in [5, 5.41) is 3.52. The van der Waals surface area contributed by atoms with Gasteiger partial charge in [-0.1, -0.05) is 6.92 Å². The molecule has 3 heterocycles. The number of halogens is 1. The average Bonchev–Trinajstić information content (AvgIpc) is 3.01. The molecule has 108 valence electrons. The molecule has 0 amide bonds. The minimum Gasteiger partial charge on any atom is -0.353 e. The van der Waals surface area contributed by atoms with E-state index in [-0.39, 0.29) is 12.4 Å². The summed E-state index contributed by atoms with van der Waals surface area (Å²) in [7, 11) is 2.17. The van der Waals surface area contributed by atoms with Gasteiger partial charge in [-0.3, -0.25) is 4.90 Å². The van der Waals surface area contributed by atoms with Crippen molar-refractivity contribution in [3.63, 3.8) is 0 Å². The Hall–Kier alpha value is -0.510. The van der Waals surface area contributed by atoms with E-state index in [0.717, 1.165) is 0 Å². The number of likely N-dealkylation sites (tertiary alicyclic amines) is 1. The van der Waals surface area contributed by atoms with Gasteiger partial charge in [-0.05, 0) is 49.9 Å². The lowest BCUT2D eigenvalue weighted by Crippen LogP contribution is -2.37. The van der Waals surface area contributed by atoms with Crippen LogP contribution in [0.1, 0.15) is 37.9 Å². The molecule has 2 unspecified atom stereocenters. The maximum Gasteiger partial charge on any atom is 0.0501 e. The summed E-state index contributed by atoms with van der Waals surface area (Å²) >= 11 is 0. The molecule has 1 aromatic heterocycles. The monoisotopic (exact) mass is 283 g/mol. The van der Waals surface area contributed by atoms with Gasteiger partial charge in [0, 0.05) is 32.0 Å². The molecule has 0 spiro atoms. The zero-order chi connectivity index (χ0) is 12.6. The molecule has 2 aliphatic heterocycles. The Balaban J connectivity index is 0.00000133. The van der Waals surface area contributed by atoms with Crippen LogP contribution in [0.5, 0.6) is 0 Å². The van der Waals surface area contributed by atoms with E-state index >= 15 is 0 Å². The van der Waals surface area contributed by atoms with Crippen molar-refractivity contribution in [2.45, 2.75) is 32.2 Å². The maximum atomic E-state index is 3.52. The topological polar surface area (TPSA) is 20.2 Å². The molecule has 2 saturated heterocycles. The number of aryl methyl sites for hydroxylation is 1. The zero-order valence-electron chi connectivity index (χ0n) is 12.1. The van der Waals surface area contributed by atoms with E-state index in [1.807, 2.05) is 0 Å². The van der Waals surface area contributed by atoms with Gasteiger partial charge in [-0.25, -0.2) is 0 Å². The van der Waals surface area contributed by atoms with Crippen LogP contribution in [0.25, 0.3) is 0 Å². The maximum absolute atomic E-state index is 3.52. The molecular weight excluding hydrogens is 258 g/mol. The van der Waals surface area contributed by atoms with Crippen LogP contribution in [0.4, 0.5) is 0 Å². The van der Waals surface area contributed by atoms with E-state index in [4.69, 9.17) is 0 Å². The van der Waals surface area contributed by atoms with Crippen molar-refractivity contribution >= 4 is 12.4 Å². The van der Waals surface area contributed by atoms with E-state index in [2.05, 4.69) is 47.1 Å². The fourth-order valence-electron chi connectivity index (χ4n) is 3.66. The highest BCUT2D eigenvalue weighted by atomic mass is 35.5. The standard InChI is InChI=1S/C15H25N3.ClH/c1-15(7-8-16-11-15)12-18-10-4-6-14(18)13-5-3-9-17(13)2;/h3,5,9,14,16H,4,6-8,10-12H2,1-2H3;1H. The van der Waals surface area contributed by atoms with Crippen molar-refractivity contribution in [2.75, 3.05) is 26.2 Å². The third kappa shape index (κ3) is 2.99. The van der Waals surface area contributed by atoms with Crippen molar-refractivity contribution < 1.29 is 0 Å². The van der Waals surface area contributed by atoms with Crippen LogP contribution in [0.15, 0.2) is 18.3 Å². The van der Waals surface area contributed by atoms with Crippen LogP contribution in [0.3, 0.4) is 0 Å². The Morgan fingerprint density at radius 1 is 1.47 bits per heavy atom. The lowest BCUT2D eigenvalue weighted by atomic mass is 9.89. The number of aromatic nitrogens is 1. The van der Waals surface area contributed by atoms with Gasteiger partial charge in [0.25, 0.3) is 0 Å². The second kappa shape index (κ2) is 5.86. The van der Waals surface area contributed by atoms with E-state index in [0.29, 0.717) is 11.5 Å². The van der Waals surface area contributed by atoms with E-state index in [1.54, 1.807) is 0 Å². The molecule has 0 bridgehead atoms. The molecule has 2 fully saturated rings.